The van der Waals surface area contributed by atoms with Gasteiger partial charge in [-0.25, -0.2) is 4.39 Å². The summed E-state index contributed by atoms with van der Waals surface area (Å²) in [4.78, 5) is 12.4. The second-order valence-electron chi connectivity index (χ2n) is 7.41. The number of hydrogen-bond donors (Lipinski definition) is 1. The molecule has 0 atom stereocenters. The fourth-order valence-electron chi connectivity index (χ4n) is 3.55. The Balaban J connectivity index is 1.96. The summed E-state index contributed by atoms with van der Waals surface area (Å²) < 4.78 is 40.7. The molecule has 0 bridgehead atoms. The SMILES string of the molecule is COc1cc(C=Cc2ccc(OC)c(OC)c2NC=CC(=O)c2cccc(F)c2)cc(OC)c1OC. The summed E-state index contributed by atoms with van der Waals surface area (Å²) in [6.07, 6.45) is 6.54. The summed E-state index contributed by atoms with van der Waals surface area (Å²) in [5.74, 6) is 1.69. The molecule has 0 fully saturated rings. The Morgan fingerprint density at radius 3 is 2.03 bits per heavy atom. The van der Waals surface area contributed by atoms with Crippen molar-refractivity contribution in [3.8, 4) is 28.7 Å². The minimum absolute atomic E-state index is 0.244. The monoisotopic (exact) mass is 493 g/mol. The average molecular weight is 494 g/mol. The van der Waals surface area contributed by atoms with E-state index in [0.717, 1.165) is 11.1 Å². The first-order valence-electron chi connectivity index (χ1n) is 10.9. The number of nitrogens with one attached hydrogen (secondary N) is 1. The molecule has 7 nitrogen and oxygen atoms in total. The summed E-state index contributed by atoms with van der Waals surface area (Å²) in [5.41, 5.74) is 2.38. The molecule has 0 aliphatic heterocycles. The molecule has 0 aliphatic carbocycles. The van der Waals surface area contributed by atoms with E-state index in [4.69, 9.17) is 23.7 Å². The zero-order valence-electron chi connectivity index (χ0n) is 20.8. The summed E-state index contributed by atoms with van der Waals surface area (Å²) in [5, 5.41) is 3.10. The maximum Gasteiger partial charge on any atom is 0.203 e. The van der Waals surface area contributed by atoms with E-state index < -0.39 is 5.82 Å². The van der Waals surface area contributed by atoms with Gasteiger partial charge in [-0.15, -0.1) is 0 Å². The number of benzene rings is 3. The lowest BCUT2D eigenvalue weighted by molar-refractivity contribution is 0.104. The van der Waals surface area contributed by atoms with Crippen molar-refractivity contribution in [3.63, 3.8) is 0 Å². The van der Waals surface area contributed by atoms with E-state index >= 15 is 0 Å². The molecule has 0 saturated carbocycles. The van der Waals surface area contributed by atoms with Gasteiger partial charge in [-0.3, -0.25) is 4.79 Å². The van der Waals surface area contributed by atoms with Gasteiger partial charge in [0.15, 0.2) is 28.8 Å². The molecule has 0 heterocycles. The third kappa shape index (κ3) is 5.96. The van der Waals surface area contributed by atoms with Gasteiger partial charge >= 0.3 is 0 Å². The van der Waals surface area contributed by atoms with Crippen molar-refractivity contribution in [2.75, 3.05) is 40.9 Å². The summed E-state index contributed by atoms with van der Waals surface area (Å²) >= 11 is 0. The van der Waals surface area contributed by atoms with Crippen molar-refractivity contribution >= 4 is 23.6 Å². The topological polar surface area (TPSA) is 75.2 Å². The number of allylic oxidation sites excluding steroid dienone is 1. The van der Waals surface area contributed by atoms with Crippen LogP contribution in [0.2, 0.25) is 0 Å². The van der Waals surface area contributed by atoms with Crippen LogP contribution in [0.5, 0.6) is 28.7 Å². The van der Waals surface area contributed by atoms with Crippen molar-refractivity contribution in [1.29, 1.82) is 0 Å². The van der Waals surface area contributed by atoms with Crippen molar-refractivity contribution in [3.05, 3.63) is 83.3 Å². The highest BCUT2D eigenvalue weighted by molar-refractivity contribution is 6.04. The first-order valence-corrected chi connectivity index (χ1v) is 10.9. The quantitative estimate of drug-likeness (QED) is 0.204. The Morgan fingerprint density at radius 1 is 0.778 bits per heavy atom. The predicted molar refractivity (Wildman–Crippen MR) is 138 cm³/mol. The van der Waals surface area contributed by atoms with Crippen molar-refractivity contribution in [2.24, 2.45) is 0 Å². The highest BCUT2D eigenvalue weighted by Gasteiger charge is 2.15. The van der Waals surface area contributed by atoms with Crippen LogP contribution in [0, 0.1) is 5.82 Å². The fraction of sp³-hybridized carbons (Fsp3) is 0.179. The molecule has 0 amide bonds. The lowest BCUT2D eigenvalue weighted by Gasteiger charge is -2.15. The molecule has 0 saturated heterocycles. The Bertz CT molecular complexity index is 1260. The Labute approximate surface area is 209 Å². The van der Waals surface area contributed by atoms with Crippen LogP contribution in [0.4, 0.5) is 10.1 Å². The standard InChI is InChI=1S/C28H28FNO6/c1-32-23-12-11-19(10-9-18-15-24(33-2)27(35-4)25(16-18)34-3)26(28(23)36-5)30-14-13-22(31)20-7-6-8-21(29)17-20/h6-17,30H,1-5H3. The molecule has 1 N–H and O–H groups in total. The van der Waals surface area contributed by atoms with Gasteiger partial charge in [-0.1, -0.05) is 24.3 Å². The van der Waals surface area contributed by atoms with Gasteiger partial charge in [-0.2, -0.15) is 0 Å². The predicted octanol–water partition coefficient (Wildman–Crippen LogP) is 5.85. The molecular formula is C28H28FNO6. The van der Waals surface area contributed by atoms with E-state index in [1.165, 1.54) is 44.7 Å². The highest BCUT2D eigenvalue weighted by Crippen LogP contribution is 2.40. The van der Waals surface area contributed by atoms with Crippen LogP contribution in [-0.4, -0.2) is 41.3 Å². The lowest BCUT2D eigenvalue weighted by Crippen LogP contribution is -2.01. The van der Waals surface area contributed by atoms with E-state index in [1.807, 2.05) is 30.4 Å². The number of halogens is 1. The van der Waals surface area contributed by atoms with Crippen LogP contribution in [-0.2, 0) is 0 Å². The molecule has 0 aromatic heterocycles. The number of anilines is 1. The summed E-state index contributed by atoms with van der Waals surface area (Å²) in [7, 11) is 7.72. The second kappa shape index (κ2) is 12.3. The minimum Gasteiger partial charge on any atom is -0.493 e. The van der Waals surface area contributed by atoms with Crippen LogP contribution >= 0.6 is 0 Å². The largest absolute Gasteiger partial charge is 0.493 e. The molecule has 0 unspecified atom stereocenters. The molecule has 3 aromatic carbocycles. The van der Waals surface area contributed by atoms with Crippen molar-refractivity contribution in [1.82, 2.24) is 0 Å². The third-order valence-corrected chi connectivity index (χ3v) is 5.29. The second-order valence-corrected chi connectivity index (χ2v) is 7.41. The molecule has 3 rings (SSSR count). The van der Waals surface area contributed by atoms with Gasteiger partial charge < -0.3 is 29.0 Å². The molecular weight excluding hydrogens is 465 g/mol. The van der Waals surface area contributed by atoms with Crippen LogP contribution in [0.1, 0.15) is 21.5 Å². The molecule has 36 heavy (non-hydrogen) atoms. The van der Waals surface area contributed by atoms with Crippen LogP contribution in [0.25, 0.3) is 12.2 Å². The maximum atomic E-state index is 13.5. The van der Waals surface area contributed by atoms with Crippen molar-refractivity contribution < 1.29 is 32.9 Å². The minimum atomic E-state index is -0.476. The third-order valence-electron chi connectivity index (χ3n) is 5.29. The zero-order valence-corrected chi connectivity index (χ0v) is 20.8. The molecule has 0 spiro atoms. The number of ketones is 1. The van der Waals surface area contributed by atoms with Gasteiger partial charge in [0.2, 0.25) is 5.75 Å². The van der Waals surface area contributed by atoms with E-state index in [-0.39, 0.29) is 11.3 Å². The first kappa shape index (κ1) is 26.2. The number of ether oxygens (including phenoxy) is 5. The van der Waals surface area contributed by atoms with E-state index in [1.54, 1.807) is 33.5 Å². The Kier molecular flexibility index (Phi) is 8.94. The van der Waals surface area contributed by atoms with Crippen LogP contribution in [0.3, 0.4) is 0 Å². The molecule has 0 aliphatic rings. The van der Waals surface area contributed by atoms with E-state index in [9.17, 15) is 9.18 Å². The molecule has 3 aromatic rings. The van der Waals surface area contributed by atoms with Gasteiger partial charge in [0.05, 0.1) is 41.2 Å². The lowest BCUT2D eigenvalue weighted by atomic mass is 10.1. The van der Waals surface area contributed by atoms with Gasteiger partial charge in [0.25, 0.3) is 0 Å². The van der Waals surface area contributed by atoms with Gasteiger partial charge in [-0.05, 0) is 42.0 Å². The van der Waals surface area contributed by atoms with Crippen molar-refractivity contribution in [2.45, 2.75) is 0 Å². The highest BCUT2D eigenvalue weighted by atomic mass is 19.1. The summed E-state index contributed by atoms with van der Waals surface area (Å²) in [6.45, 7) is 0. The molecule has 8 heteroatoms. The van der Waals surface area contributed by atoms with E-state index in [0.29, 0.717) is 34.4 Å². The van der Waals surface area contributed by atoms with Crippen LogP contribution in [0.15, 0.2) is 60.8 Å². The maximum absolute atomic E-state index is 13.5. The number of carbonyl (C=O) groups excluding carboxylic acids is 1. The molecule has 188 valence electrons. The van der Waals surface area contributed by atoms with Gasteiger partial charge in [0, 0.05) is 23.4 Å². The fourth-order valence-corrected chi connectivity index (χ4v) is 3.55. The number of methoxy groups -OCH3 is 5. The number of carbonyl (C=O) groups is 1. The summed E-state index contributed by atoms with van der Waals surface area (Å²) in [6, 6.07) is 12.8. The first-order chi connectivity index (χ1) is 17.4. The molecule has 0 radical (unpaired) electrons. The Hall–Kier alpha value is -4.46. The zero-order chi connectivity index (χ0) is 26.1. The van der Waals surface area contributed by atoms with Crippen LogP contribution < -0.4 is 29.0 Å². The average Bonchev–Trinajstić information content (AvgIpc) is 2.90. The smallest absolute Gasteiger partial charge is 0.203 e. The number of rotatable bonds is 11. The normalized spacial score (nSPS) is 10.9. The Morgan fingerprint density at radius 2 is 1.44 bits per heavy atom. The number of hydrogen-bond acceptors (Lipinski definition) is 7. The van der Waals surface area contributed by atoms with Gasteiger partial charge in [0.1, 0.15) is 5.82 Å². The van der Waals surface area contributed by atoms with E-state index in [2.05, 4.69) is 5.32 Å².